The van der Waals surface area contributed by atoms with Crippen LogP contribution in [0.5, 0.6) is 5.75 Å². The Morgan fingerprint density at radius 1 is 0.984 bits per heavy atom. The van der Waals surface area contributed by atoms with E-state index in [2.05, 4.69) is 16.0 Å². The van der Waals surface area contributed by atoms with Crippen LogP contribution in [-0.2, 0) is 72.9 Å². The Labute approximate surface area is 361 Å². The van der Waals surface area contributed by atoms with E-state index in [4.69, 9.17) is 19.2 Å². The molecule has 4 N–H and O–H groups in total. The molecule has 4 aliphatic rings. The van der Waals surface area contributed by atoms with Crippen LogP contribution in [0.4, 0.5) is 0 Å². The monoisotopic (exact) mass is 876 g/mol. The molecule has 1 aliphatic carbocycles. The number of aromatic hydroxyl groups is 1. The van der Waals surface area contributed by atoms with Crippen LogP contribution in [0.1, 0.15) is 74.6 Å². The number of aryl methyl sites for hydroxylation is 1. The molecule has 7 rings (SSSR count). The highest BCUT2D eigenvalue weighted by molar-refractivity contribution is 8.00. The maximum Gasteiger partial charge on any atom is 0.355 e. The molecule has 2 atom stereocenters. The van der Waals surface area contributed by atoms with Gasteiger partial charge in [-0.05, 0) is 80.5 Å². The fourth-order valence-electron chi connectivity index (χ4n) is 8.57. The third kappa shape index (κ3) is 9.18. The van der Waals surface area contributed by atoms with Crippen molar-refractivity contribution in [1.29, 1.82) is 0 Å². The summed E-state index contributed by atoms with van der Waals surface area (Å²) in [4.78, 5) is 105. The second-order valence-electron chi connectivity index (χ2n) is 15.6. The molecule has 5 heterocycles. The number of carbonyl (C=O) groups is 7. The van der Waals surface area contributed by atoms with Crippen molar-refractivity contribution in [2.45, 2.75) is 82.8 Å². The molecule has 62 heavy (non-hydrogen) atoms. The van der Waals surface area contributed by atoms with Crippen molar-refractivity contribution < 1.29 is 52.9 Å². The topological polar surface area (TPSA) is 242 Å². The first kappa shape index (κ1) is 45.7. The molecule has 3 aliphatic heterocycles. The fraction of sp³-hybridized carbons (Fsp3) is 0.512. The van der Waals surface area contributed by atoms with E-state index in [1.54, 1.807) is 42.8 Å². The average molecular weight is 877 g/mol. The summed E-state index contributed by atoms with van der Waals surface area (Å²) in [5.74, 6) is -2.24. The molecule has 1 unspecified atom stereocenters. The number of aromatic nitrogens is 2. The number of hydrogen-bond acceptors (Lipinski definition) is 14. The molecule has 1 saturated carbocycles. The van der Waals surface area contributed by atoms with E-state index < -0.39 is 48.1 Å². The zero-order chi connectivity index (χ0) is 44.9. The van der Waals surface area contributed by atoms with Gasteiger partial charge in [-0.15, -0.1) is 0 Å². The van der Waals surface area contributed by atoms with E-state index in [0.29, 0.717) is 42.2 Å². The van der Waals surface area contributed by atoms with Crippen LogP contribution in [-0.4, -0.2) is 113 Å². The predicted molar refractivity (Wildman–Crippen MR) is 225 cm³/mol. The van der Waals surface area contributed by atoms with Crippen LogP contribution in [0.3, 0.4) is 0 Å². The molecule has 5 amide bonds. The lowest BCUT2D eigenvalue weighted by molar-refractivity contribution is -0.189. The highest BCUT2D eigenvalue weighted by atomic mass is 32.2. The Morgan fingerprint density at radius 2 is 1.71 bits per heavy atom. The number of benzene rings is 1. The van der Waals surface area contributed by atoms with E-state index in [-0.39, 0.29) is 71.9 Å². The van der Waals surface area contributed by atoms with Crippen LogP contribution < -0.4 is 21.5 Å². The van der Waals surface area contributed by atoms with Crippen molar-refractivity contribution in [2.75, 3.05) is 46.7 Å². The Balaban J connectivity index is 0.000000268. The van der Waals surface area contributed by atoms with Crippen molar-refractivity contribution in [3.8, 4) is 17.1 Å². The third-order valence-corrected chi connectivity index (χ3v) is 12.9. The van der Waals surface area contributed by atoms with Crippen molar-refractivity contribution in [2.24, 2.45) is 11.8 Å². The lowest BCUT2D eigenvalue weighted by atomic mass is 9.81. The van der Waals surface area contributed by atoms with Gasteiger partial charge in [-0.2, -0.15) is 11.8 Å². The Bertz CT molecular complexity index is 2360. The molecule has 1 aromatic carbocycles. The zero-order valence-corrected chi connectivity index (χ0v) is 36.2. The van der Waals surface area contributed by atoms with Gasteiger partial charge in [0.25, 0.3) is 5.56 Å². The molecule has 19 heteroatoms. The summed E-state index contributed by atoms with van der Waals surface area (Å²) in [6, 6.07) is 6.56. The minimum atomic E-state index is -1.92. The molecule has 0 radical (unpaired) electrons. The van der Waals surface area contributed by atoms with Gasteiger partial charge < -0.3 is 39.8 Å². The molecule has 332 valence electrons. The first-order chi connectivity index (χ1) is 29.7. The number of phenols is 1. The van der Waals surface area contributed by atoms with E-state index in [9.17, 15) is 43.5 Å². The number of fused-ring (bicyclic) bond motifs is 5. The summed E-state index contributed by atoms with van der Waals surface area (Å²) in [6.45, 7) is 2.73. The van der Waals surface area contributed by atoms with Crippen LogP contribution in [0.2, 0.25) is 0 Å². The lowest BCUT2D eigenvalue weighted by Gasteiger charge is -2.35. The Hall–Kier alpha value is -5.82. The number of likely N-dealkylation sites (N-methyl/N-ethyl adjacent to an activating group) is 1. The summed E-state index contributed by atoms with van der Waals surface area (Å²) >= 11 is 1.45. The van der Waals surface area contributed by atoms with Gasteiger partial charge in [0.2, 0.25) is 35.1 Å². The number of pyridine rings is 2. The van der Waals surface area contributed by atoms with E-state index >= 15 is 0 Å². The number of amides is 5. The second-order valence-corrected chi connectivity index (χ2v) is 16.6. The van der Waals surface area contributed by atoms with Gasteiger partial charge in [0, 0.05) is 49.5 Å². The number of nitrogens with one attached hydrogen (secondary N) is 3. The van der Waals surface area contributed by atoms with E-state index in [0.717, 1.165) is 42.2 Å². The number of carbonyl (C=O) groups excluding carboxylic acids is 7. The number of esters is 2. The first-order valence-electron chi connectivity index (χ1n) is 20.6. The number of cyclic esters (lactones) is 1. The van der Waals surface area contributed by atoms with Crippen molar-refractivity contribution in [3.05, 3.63) is 56.9 Å². The van der Waals surface area contributed by atoms with Crippen LogP contribution >= 0.6 is 11.8 Å². The quantitative estimate of drug-likeness (QED) is 0.111. The number of thioether (sulfide) groups is 1. The smallest absolute Gasteiger partial charge is 0.355 e. The summed E-state index contributed by atoms with van der Waals surface area (Å²) < 4.78 is 17.6. The second kappa shape index (κ2) is 19.5. The third-order valence-electron chi connectivity index (χ3n) is 12.0. The van der Waals surface area contributed by atoms with Crippen molar-refractivity contribution in [1.82, 2.24) is 30.4 Å². The highest BCUT2D eigenvalue weighted by Gasteiger charge is 2.50. The fourth-order valence-corrected chi connectivity index (χ4v) is 9.21. The lowest BCUT2D eigenvalue weighted by Crippen LogP contribution is -2.48. The molecule has 0 bridgehead atoms. The van der Waals surface area contributed by atoms with Crippen molar-refractivity contribution in [3.63, 3.8) is 0 Å². The van der Waals surface area contributed by atoms with Crippen LogP contribution in [0.15, 0.2) is 29.1 Å². The van der Waals surface area contributed by atoms with Gasteiger partial charge >= 0.3 is 11.9 Å². The molecule has 18 nitrogen and oxygen atoms in total. The minimum absolute atomic E-state index is 0.0316. The molecule has 3 aromatic rings. The Kier molecular flexibility index (Phi) is 14.4. The predicted octanol–water partition coefficient (Wildman–Crippen LogP) is 1.81. The maximum atomic E-state index is 13.8. The van der Waals surface area contributed by atoms with E-state index in [1.807, 2.05) is 13.2 Å². The standard InChI is InChI=1S/C29H30N4O9.C14H22N2O3S/c1-4-16-17-8-15(34)6-7-21(17)32-26-18(16)11-33-22(26)9-20-19(27(33)38)12-41-28(39)29(20,5-2)42-25(37)10-31-24(36)14-40-13-23(35)30-3;1-15-13(18)10-5-3-9(4-6-10)8-16-12(17)7-11(20-2)14(16)19/h6-9,34H,4-5,10-14H2,1-3H3,(H,30,35)(H,31,36);9-11H,3-8H2,1-2H3,(H,15,18)/t29-;/m0./s1. The van der Waals surface area contributed by atoms with Gasteiger partial charge in [0.15, 0.2) is 0 Å². The zero-order valence-electron chi connectivity index (χ0n) is 35.4. The average Bonchev–Trinajstić information content (AvgIpc) is 3.77. The minimum Gasteiger partial charge on any atom is -0.508 e. The van der Waals surface area contributed by atoms with E-state index in [1.165, 1.54) is 23.7 Å². The largest absolute Gasteiger partial charge is 0.508 e. The summed E-state index contributed by atoms with van der Waals surface area (Å²) in [5, 5.41) is 18.0. The van der Waals surface area contributed by atoms with Gasteiger partial charge in [0.05, 0.1) is 34.3 Å². The number of rotatable bonds is 13. The van der Waals surface area contributed by atoms with Gasteiger partial charge in [0.1, 0.15) is 32.1 Å². The van der Waals surface area contributed by atoms with Gasteiger partial charge in [-0.3, -0.25) is 38.5 Å². The number of imide groups is 1. The molecule has 0 spiro atoms. The number of ether oxygens (including phenoxy) is 3. The first-order valence-corrected chi connectivity index (χ1v) is 21.9. The SMILES string of the molecule is CCc1c2c(nc3ccc(O)cc13)-c1cc3c(c(=O)n1C2)COC(=O)[C@@]3(CC)OC(=O)CNC(=O)COCC(=O)NC.CNC(=O)C1CCC(CN2C(=O)CC(SC)C2=O)CC1. The highest BCUT2D eigenvalue weighted by Crippen LogP contribution is 2.42. The van der Waals surface area contributed by atoms with Crippen LogP contribution in [0, 0.1) is 11.8 Å². The molecular formula is C43H52N6O12S. The molecular weight excluding hydrogens is 825 g/mol. The van der Waals surface area contributed by atoms with Gasteiger partial charge in [-0.1, -0.05) is 13.8 Å². The number of nitrogens with zero attached hydrogens (tertiary/aromatic N) is 3. The number of likely N-dealkylation sites (tertiary alicyclic amines) is 1. The molecule has 2 fully saturated rings. The number of hydrogen-bond donors (Lipinski definition) is 4. The molecule has 1 saturated heterocycles. The normalized spacial score (nSPS) is 21.2. The molecule has 2 aromatic heterocycles. The Morgan fingerprint density at radius 3 is 2.35 bits per heavy atom. The van der Waals surface area contributed by atoms with Gasteiger partial charge in [-0.25, -0.2) is 9.78 Å². The van der Waals surface area contributed by atoms with Crippen LogP contribution in [0.25, 0.3) is 22.3 Å². The maximum absolute atomic E-state index is 13.8. The van der Waals surface area contributed by atoms with Crippen molar-refractivity contribution >= 4 is 64.1 Å². The number of phenolic OH excluding ortho intramolecular Hbond substituents is 1. The summed E-state index contributed by atoms with van der Waals surface area (Å²) in [7, 11) is 3.09. The summed E-state index contributed by atoms with van der Waals surface area (Å²) in [5.41, 5.74) is 1.57. The summed E-state index contributed by atoms with van der Waals surface area (Å²) in [6.07, 6.45) is 6.35.